The highest BCUT2D eigenvalue weighted by molar-refractivity contribution is 7.71. The number of carbonyl (C=O) groups excluding carboxylic acids is 4. The first-order chi connectivity index (χ1) is 20.9. The number of aryl methyl sites for hydroxylation is 1. The summed E-state index contributed by atoms with van der Waals surface area (Å²) in [7, 11) is 1.74. The van der Waals surface area contributed by atoms with Crippen molar-refractivity contribution >= 4 is 41.8 Å². The number of amides is 4. The molecule has 2 rings (SSSR count). The average molecular weight is 632 g/mol. The van der Waals surface area contributed by atoms with Gasteiger partial charge in [0, 0.05) is 38.3 Å². The number of hydrogen-bond acceptors (Lipinski definition) is 8. The summed E-state index contributed by atoms with van der Waals surface area (Å²) in [5.74, 6) is -2.55. The van der Waals surface area contributed by atoms with Crippen LogP contribution < -0.4 is 44.6 Å². The van der Waals surface area contributed by atoms with Gasteiger partial charge in [-0.05, 0) is 56.4 Å². The zero-order chi connectivity index (χ0) is 32.6. The van der Waals surface area contributed by atoms with Crippen molar-refractivity contribution in [1.82, 2.24) is 25.5 Å². The fraction of sp³-hybridized carbons (Fsp3) is 0.500. The van der Waals surface area contributed by atoms with Gasteiger partial charge in [-0.1, -0.05) is 30.3 Å². The van der Waals surface area contributed by atoms with Crippen molar-refractivity contribution < 1.29 is 19.2 Å². The van der Waals surface area contributed by atoms with Crippen LogP contribution in [0, 0.1) is 4.77 Å². The molecule has 44 heavy (non-hydrogen) atoms. The topological polar surface area (TPSA) is 268 Å². The summed E-state index contributed by atoms with van der Waals surface area (Å²) in [5.41, 5.74) is 29.4. The average Bonchev–Trinajstić information content (AvgIpc) is 3.30. The van der Waals surface area contributed by atoms with Crippen LogP contribution in [0.1, 0.15) is 43.4 Å². The molecule has 0 spiro atoms. The molecule has 14 N–H and O–H groups in total. The second-order valence-electron chi connectivity index (χ2n) is 10.5. The van der Waals surface area contributed by atoms with E-state index in [0.717, 1.165) is 5.56 Å². The molecule has 0 aliphatic carbocycles. The predicted molar refractivity (Wildman–Crippen MR) is 170 cm³/mol. The number of aliphatic imine (C=N–C) groups is 1. The number of hydrogen-bond donors (Lipinski definition) is 9. The summed E-state index contributed by atoms with van der Waals surface area (Å²) in [5, 5.41) is 8.11. The highest BCUT2D eigenvalue weighted by atomic mass is 32.1. The molecule has 1 aromatic heterocycles. The van der Waals surface area contributed by atoms with E-state index in [2.05, 4.69) is 25.9 Å². The second-order valence-corrected chi connectivity index (χ2v) is 10.9. The van der Waals surface area contributed by atoms with E-state index < -0.39 is 47.8 Å². The Morgan fingerprint density at radius 3 is 2.11 bits per heavy atom. The molecule has 16 heteroatoms. The maximum atomic E-state index is 13.6. The van der Waals surface area contributed by atoms with Crippen molar-refractivity contribution in [2.45, 2.75) is 69.1 Å². The number of unbranched alkanes of at least 4 members (excludes halogenated alkanes) is 1. The summed E-state index contributed by atoms with van der Waals surface area (Å²) in [6, 6.07) is 5.01. The first-order valence-electron chi connectivity index (χ1n) is 14.4. The molecule has 1 heterocycles. The van der Waals surface area contributed by atoms with Crippen LogP contribution in [0.15, 0.2) is 41.5 Å². The Morgan fingerprint density at radius 1 is 0.886 bits per heavy atom. The van der Waals surface area contributed by atoms with Crippen molar-refractivity contribution in [1.29, 1.82) is 0 Å². The molecule has 0 saturated heterocycles. The van der Waals surface area contributed by atoms with Crippen molar-refractivity contribution in [3.8, 4) is 0 Å². The van der Waals surface area contributed by atoms with Crippen molar-refractivity contribution in [2.75, 3.05) is 13.1 Å². The van der Waals surface area contributed by atoms with Gasteiger partial charge >= 0.3 is 0 Å². The number of imidazole rings is 1. The number of benzene rings is 1. The van der Waals surface area contributed by atoms with E-state index in [1.54, 1.807) is 17.8 Å². The third kappa shape index (κ3) is 12.5. The van der Waals surface area contributed by atoms with Gasteiger partial charge in [0.25, 0.3) is 0 Å². The lowest BCUT2D eigenvalue weighted by atomic mass is 10.0. The first kappa shape index (κ1) is 35.9. The maximum Gasteiger partial charge on any atom is 0.243 e. The fourth-order valence-corrected chi connectivity index (χ4v) is 4.57. The normalized spacial score (nSPS) is 13.6. The van der Waals surface area contributed by atoms with Crippen LogP contribution in [0.5, 0.6) is 0 Å². The number of nitrogens with one attached hydrogen (secondary N) is 4. The number of aromatic amines is 1. The molecule has 2 aromatic rings. The van der Waals surface area contributed by atoms with Crippen molar-refractivity contribution in [2.24, 2.45) is 40.7 Å². The number of rotatable bonds is 19. The van der Waals surface area contributed by atoms with Gasteiger partial charge in [0.05, 0.1) is 6.04 Å². The molecule has 0 bridgehead atoms. The number of primary amides is 1. The monoisotopic (exact) mass is 631 g/mol. The van der Waals surface area contributed by atoms with Crippen LogP contribution in [0.2, 0.25) is 0 Å². The van der Waals surface area contributed by atoms with E-state index in [1.807, 2.05) is 30.3 Å². The zero-order valence-corrected chi connectivity index (χ0v) is 25.8. The van der Waals surface area contributed by atoms with Crippen LogP contribution in [0.25, 0.3) is 0 Å². The highest BCUT2D eigenvalue weighted by Crippen LogP contribution is 2.09. The summed E-state index contributed by atoms with van der Waals surface area (Å²) in [6.07, 6.45) is 4.01. The molecule has 0 fully saturated rings. The number of guanidine groups is 1. The lowest BCUT2D eigenvalue weighted by molar-refractivity contribution is -0.133. The van der Waals surface area contributed by atoms with E-state index >= 15 is 0 Å². The summed E-state index contributed by atoms with van der Waals surface area (Å²) < 4.78 is 2.09. The predicted octanol–water partition coefficient (Wildman–Crippen LogP) is -1.68. The van der Waals surface area contributed by atoms with Gasteiger partial charge in [-0.25, -0.2) is 0 Å². The standard InChI is InChI=1S/C28H45N11O4S/c1-39-16-18(35-28(39)44)15-22(38-24(41)19(30)10-7-13-34-27(32)33)26(43)36-20(11-5-6-12-29)25(42)37-21(23(31)40)14-17-8-3-2-4-9-17/h2-4,8-9,16,19-22H,5-7,10-15,29-30H2,1H3,(H2,31,40)(H,35,44)(H,36,43)(H,37,42)(H,38,41)(H4,32,33,34). The number of nitrogens with two attached hydrogens (primary N) is 5. The minimum Gasteiger partial charge on any atom is -0.370 e. The molecule has 4 amide bonds. The van der Waals surface area contributed by atoms with Gasteiger partial charge < -0.3 is 54.2 Å². The van der Waals surface area contributed by atoms with Gasteiger partial charge in [-0.15, -0.1) is 0 Å². The number of H-pyrrole nitrogens is 1. The molecule has 4 atom stereocenters. The zero-order valence-electron chi connectivity index (χ0n) is 25.0. The minimum absolute atomic E-state index is 0.0395. The Bertz CT molecular complexity index is 1320. The molecule has 0 aliphatic rings. The highest BCUT2D eigenvalue weighted by Gasteiger charge is 2.30. The molecule has 4 unspecified atom stereocenters. The second kappa shape index (κ2) is 18.4. The van der Waals surface area contributed by atoms with Gasteiger partial charge in [0.15, 0.2) is 10.7 Å². The Labute approximate surface area is 261 Å². The van der Waals surface area contributed by atoms with Crippen LogP contribution in [-0.4, -0.2) is 76.4 Å². The van der Waals surface area contributed by atoms with E-state index in [1.165, 1.54) is 0 Å². The van der Waals surface area contributed by atoms with Crippen molar-refractivity contribution in [3.05, 3.63) is 52.6 Å². The lowest BCUT2D eigenvalue weighted by Gasteiger charge is -2.25. The SMILES string of the molecule is Cn1cc(CC(NC(=O)C(N)CCCN=C(N)N)C(=O)NC(CCCCN)C(=O)NC(Cc2ccccc2)C(N)=O)[nH]c1=S. The van der Waals surface area contributed by atoms with E-state index in [9.17, 15) is 19.2 Å². The molecular weight excluding hydrogens is 586 g/mol. The van der Waals surface area contributed by atoms with Gasteiger partial charge in [0.2, 0.25) is 23.6 Å². The Balaban J connectivity index is 2.22. The van der Waals surface area contributed by atoms with Crippen LogP contribution in [-0.2, 0) is 39.1 Å². The van der Waals surface area contributed by atoms with E-state index in [0.29, 0.717) is 42.8 Å². The molecule has 1 aromatic carbocycles. The van der Waals surface area contributed by atoms with Crippen molar-refractivity contribution in [3.63, 3.8) is 0 Å². The van der Waals surface area contributed by atoms with E-state index in [-0.39, 0.29) is 31.6 Å². The molecule has 242 valence electrons. The molecular formula is C28H45N11O4S. The van der Waals surface area contributed by atoms with Gasteiger partial charge in [-0.3, -0.25) is 24.2 Å². The van der Waals surface area contributed by atoms with Gasteiger partial charge in [0.1, 0.15) is 18.1 Å². The van der Waals surface area contributed by atoms with Crippen LogP contribution in [0.3, 0.4) is 0 Å². The third-order valence-corrected chi connectivity index (χ3v) is 7.21. The van der Waals surface area contributed by atoms with Crippen LogP contribution in [0.4, 0.5) is 0 Å². The largest absolute Gasteiger partial charge is 0.370 e. The van der Waals surface area contributed by atoms with E-state index in [4.69, 9.17) is 40.9 Å². The molecule has 0 radical (unpaired) electrons. The first-order valence-corrected chi connectivity index (χ1v) is 14.8. The quantitative estimate of drug-likeness (QED) is 0.0370. The minimum atomic E-state index is -1.11. The third-order valence-electron chi connectivity index (χ3n) is 6.82. The Kier molecular flexibility index (Phi) is 15.0. The van der Waals surface area contributed by atoms with Gasteiger partial charge in [-0.2, -0.15) is 0 Å². The Morgan fingerprint density at radius 2 is 1.52 bits per heavy atom. The summed E-state index contributed by atoms with van der Waals surface area (Å²) in [6.45, 7) is 0.692. The molecule has 0 aliphatic heterocycles. The van der Waals surface area contributed by atoms with Crippen LogP contribution >= 0.6 is 12.2 Å². The summed E-state index contributed by atoms with van der Waals surface area (Å²) in [4.78, 5) is 59.1. The smallest absolute Gasteiger partial charge is 0.243 e. The molecule has 15 nitrogen and oxygen atoms in total. The number of aromatic nitrogens is 2. The number of nitrogens with zero attached hydrogens (tertiary/aromatic N) is 2. The fourth-order valence-electron chi connectivity index (χ4n) is 4.39. The molecule has 0 saturated carbocycles. The maximum absolute atomic E-state index is 13.6. The number of carbonyl (C=O) groups is 4. The Hall–Kier alpha value is -4.28. The summed E-state index contributed by atoms with van der Waals surface area (Å²) >= 11 is 5.24. The lowest BCUT2D eigenvalue weighted by Crippen LogP contribution is -2.58.